The molecule has 0 aromatic heterocycles. The molecule has 0 aliphatic rings. The minimum atomic E-state index is 0.668. The van der Waals surface area contributed by atoms with E-state index in [0.29, 0.717) is 6.61 Å². The fourth-order valence-electron chi connectivity index (χ4n) is 3.27. The first-order chi connectivity index (χ1) is 13.3. The molecule has 0 radical (unpaired) electrons. The van der Waals surface area contributed by atoms with E-state index in [1.807, 2.05) is 7.05 Å². The third-order valence-corrected chi connectivity index (χ3v) is 4.60. The summed E-state index contributed by atoms with van der Waals surface area (Å²) < 4.78 is 5.78. The predicted octanol–water partition coefficient (Wildman–Crippen LogP) is 5.65. The average molecular weight is 357 g/mol. The molecule has 0 fully saturated rings. The minimum Gasteiger partial charge on any atom is -0.492 e. The number of ether oxygens (including phenoxy) is 1. The zero-order chi connectivity index (χ0) is 18.9. The van der Waals surface area contributed by atoms with Crippen molar-refractivity contribution in [2.75, 3.05) is 20.2 Å². The third kappa shape index (κ3) is 4.87. The summed E-state index contributed by atoms with van der Waals surface area (Å²) >= 11 is 0. The summed E-state index contributed by atoms with van der Waals surface area (Å²) in [7, 11) is 1.93. The van der Waals surface area contributed by atoms with Crippen molar-refractivity contribution in [2.24, 2.45) is 0 Å². The van der Waals surface area contributed by atoms with E-state index in [9.17, 15) is 0 Å². The molecule has 27 heavy (non-hydrogen) atoms. The Bertz CT molecular complexity index is 852. The van der Waals surface area contributed by atoms with Crippen LogP contribution >= 0.6 is 0 Å². The van der Waals surface area contributed by atoms with Gasteiger partial charge in [-0.2, -0.15) is 0 Å². The number of benzene rings is 3. The van der Waals surface area contributed by atoms with Gasteiger partial charge in [-0.1, -0.05) is 79.7 Å². The largest absolute Gasteiger partial charge is 0.492 e. The topological polar surface area (TPSA) is 21.3 Å². The second-order valence-corrected chi connectivity index (χ2v) is 6.42. The number of rotatable bonds is 8. The lowest BCUT2D eigenvalue weighted by Crippen LogP contribution is -2.15. The Labute approximate surface area is 162 Å². The van der Waals surface area contributed by atoms with Crippen LogP contribution in [0.1, 0.15) is 30.0 Å². The fraction of sp³-hybridized carbons (Fsp3) is 0.200. The quantitative estimate of drug-likeness (QED) is 0.415. The number of hydrogen-bond donors (Lipinski definition) is 1. The number of allylic oxidation sites excluding steroid dienone is 1. The molecule has 0 aliphatic carbocycles. The lowest BCUT2D eigenvalue weighted by Gasteiger charge is -2.17. The molecular formula is C25H27NO. The molecule has 138 valence electrons. The van der Waals surface area contributed by atoms with Gasteiger partial charge in [0.1, 0.15) is 12.4 Å². The fourth-order valence-corrected chi connectivity index (χ4v) is 3.27. The summed E-state index contributed by atoms with van der Waals surface area (Å²) in [5.74, 6) is 0.902. The molecule has 3 rings (SSSR count). The van der Waals surface area contributed by atoms with Gasteiger partial charge >= 0.3 is 0 Å². The third-order valence-electron chi connectivity index (χ3n) is 4.60. The zero-order valence-electron chi connectivity index (χ0n) is 16.1. The molecule has 0 aliphatic heterocycles. The molecule has 2 heteroatoms. The van der Waals surface area contributed by atoms with Crippen molar-refractivity contribution in [3.63, 3.8) is 0 Å². The van der Waals surface area contributed by atoms with Gasteiger partial charge in [0.25, 0.3) is 0 Å². The average Bonchev–Trinajstić information content (AvgIpc) is 2.74. The summed E-state index contributed by atoms with van der Waals surface area (Å²) in [4.78, 5) is 0. The number of likely N-dealkylation sites (N-methyl/N-ethyl adjacent to an activating group) is 1. The minimum absolute atomic E-state index is 0.668. The Balaban J connectivity index is 2.04. The van der Waals surface area contributed by atoms with E-state index in [1.165, 1.54) is 27.8 Å². The molecule has 0 bridgehead atoms. The Morgan fingerprint density at radius 3 is 1.85 bits per heavy atom. The summed E-state index contributed by atoms with van der Waals surface area (Å²) in [5.41, 5.74) is 6.36. The maximum Gasteiger partial charge on any atom is 0.119 e. The highest BCUT2D eigenvalue weighted by Gasteiger charge is 2.12. The van der Waals surface area contributed by atoms with E-state index in [-0.39, 0.29) is 0 Å². The van der Waals surface area contributed by atoms with Crippen LogP contribution in [0, 0.1) is 0 Å². The van der Waals surface area contributed by atoms with Crippen molar-refractivity contribution < 1.29 is 4.74 Å². The van der Waals surface area contributed by atoms with Gasteiger partial charge in [0.05, 0.1) is 0 Å². The van der Waals surface area contributed by atoms with Gasteiger partial charge in [0.2, 0.25) is 0 Å². The standard InChI is InChI=1S/C25H27NO/c1-3-24(20-10-6-4-7-11-20)25(21-12-8-5-9-13-21)22-14-16-23(17-15-22)27-19-18-26-2/h4-17,26H,3,18-19H2,1-2H3. The van der Waals surface area contributed by atoms with Gasteiger partial charge in [0.15, 0.2) is 0 Å². The smallest absolute Gasteiger partial charge is 0.119 e. The lowest BCUT2D eigenvalue weighted by atomic mass is 9.88. The van der Waals surface area contributed by atoms with E-state index >= 15 is 0 Å². The maximum absolute atomic E-state index is 5.78. The molecule has 1 N–H and O–H groups in total. The Morgan fingerprint density at radius 1 is 0.741 bits per heavy atom. The van der Waals surface area contributed by atoms with Crippen LogP contribution in [0.5, 0.6) is 5.75 Å². The molecule has 0 spiro atoms. The number of nitrogens with one attached hydrogen (secondary N) is 1. The van der Waals surface area contributed by atoms with Crippen LogP contribution in [0.3, 0.4) is 0 Å². The Hall–Kier alpha value is -2.84. The van der Waals surface area contributed by atoms with Gasteiger partial charge < -0.3 is 10.1 Å². The van der Waals surface area contributed by atoms with Crippen LogP contribution in [0.25, 0.3) is 11.1 Å². The van der Waals surface area contributed by atoms with E-state index in [4.69, 9.17) is 4.74 Å². The van der Waals surface area contributed by atoms with Gasteiger partial charge in [0, 0.05) is 6.54 Å². The molecule has 3 aromatic carbocycles. The molecule has 0 saturated heterocycles. The molecular weight excluding hydrogens is 330 g/mol. The van der Waals surface area contributed by atoms with Crippen molar-refractivity contribution in [1.29, 1.82) is 0 Å². The van der Waals surface area contributed by atoms with Crippen LogP contribution in [0.4, 0.5) is 0 Å². The second-order valence-electron chi connectivity index (χ2n) is 6.42. The van der Waals surface area contributed by atoms with Crippen molar-refractivity contribution in [2.45, 2.75) is 13.3 Å². The first-order valence-corrected chi connectivity index (χ1v) is 9.55. The Kier molecular flexibility index (Phi) is 6.84. The van der Waals surface area contributed by atoms with Gasteiger partial charge in [-0.05, 0) is 53.4 Å². The van der Waals surface area contributed by atoms with E-state index in [2.05, 4.69) is 97.2 Å². The molecule has 3 aromatic rings. The Morgan fingerprint density at radius 2 is 1.30 bits per heavy atom. The van der Waals surface area contributed by atoms with Crippen molar-refractivity contribution in [3.8, 4) is 5.75 Å². The highest BCUT2D eigenvalue weighted by molar-refractivity contribution is 5.98. The zero-order valence-corrected chi connectivity index (χ0v) is 16.1. The summed E-state index contributed by atoms with van der Waals surface area (Å²) in [6, 6.07) is 29.7. The van der Waals surface area contributed by atoms with E-state index in [0.717, 1.165) is 18.7 Å². The van der Waals surface area contributed by atoms with Crippen LogP contribution in [0.2, 0.25) is 0 Å². The predicted molar refractivity (Wildman–Crippen MR) is 115 cm³/mol. The molecule has 0 saturated carbocycles. The van der Waals surface area contributed by atoms with Crippen molar-refractivity contribution in [1.82, 2.24) is 5.32 Å². The molecule has 2 nitrogen and oxygen atoms in total. The summed E-state index contributed by atoms with van der Waals surface area (Å²) in [6.45, 7) is 3.73. The lowest BCUT2D eigenvalue weighted by molar-refractivity contribution is 0.318. The highest BCUT2D eigenvalue weighted by Crippen LogP contribution is 2.34. The van der Waals surface area contributed by atoms with E-state index < -0.39 is 0 Å². The van der Waals surface area contributed by atoms with Crippen LogP contribution < -0.4 is 10.1 Å². The molecule has 0 unspecified atom stereocenters. The normalized spacial score (nSPS) is 11.8. The van der Waals surface area contributed by atoms with Crippen LogP contribution in [-0.4, -0.2) is 20.2 Å². The van der Waals surface area contributed by atoms with Crippen LogP contribution in [-0.2, 0) is 0 Å². The monoisotopic (exact) mass is 357 g/mol. The first kappa shape index (κ1) is 18.9. The highest BCUT2D eigenvalue weighted by atomic mass is 16.5. The van der Waals surface area contributed by atoms with E-state index in [1.54, 1.807) is 0 Å². The summed E-state index contributed by atoms with van der Waals surface area (Å²) in [5, 5.41) is 3.10. The SMILES string of the molecule is CCC(=C(c1ccccc1)c1ccc(OCCNC)cc1)c1ccccc1. The van der Waals surface area contributed by atoms with Crippen molar-refractivity contribution >= 4 is 11.1 Å². The maximum atomic E-state index is 5.78. The number of hydrogen-bond acceptors (Lipinski definition) is 2. The first-order valence-electron chi connectivity index (χ1n) is 9.55. The van der Waals surface area contributed by atoms with Gasteiger partial charge in [-0.3, -0.25) is 0 Å². The summed E-state index contributed by atoms with van der Waals surface area (Å²) in [6.07, 6.45) is 0.967. The molecule has 0 atom stereocenters. The molecule has 0 amide bonds. The van der Waals surface area contributed by atoms with Crippen molar-refractivity contribution in [3.05, 3.63) is 102 Å². The van der Waals surface area contributed by atoms with Gasteiger partial charge in [-0.15, -0.1) is 0 Å². The van der Waals surface area contributed by atoms with Crippen LogP contribution in [0.15, 0.2) is 84.9 Å². The molecule has 0 heterocycles. The van der Waals surface area contributed by atoms with Gasteiger partial charge in [-0.25, -0.2) is 0 Å². The second kappa shape index (κ2) is 9.75.